The Bertz CT molecular complexity index is 1150. The number of nitrogens with zero attached hydrogens (tertiary/aromatic N) is 2. The number of ether oxygens (including phenoxy) is 1. The zero-order valence-electron chi connectivity index (χ0n) is 15.4. The third-order valence-corrected chi connectivity index (χ3v) is 6.65. The molecule has 0 radical (unpaired) electrons. The van der Waals surface area contributed by atoms with E-state index in [0.717, 1.165) is 59.3 Å². The fourth-order valence-electron chi connectivity index (χ4n) is 4.32. The van der Waals surface area contributed by atoms with Crippen molar-refractivity contribution in [1.29, 1.82) is 0 Å². The lowest BCUT2D eigenvalue weighted by atomic mass is 10.0. The Labute approximate surface area is 168 Å². The van der Waals surface area contributed by atoms with Gasteiger partial charge in [0.1, 0.15) is 16.4 Å². The lowest BCUT2D eigenvalue weighted by Gasteiger charge is -2.31. The fourth-order valence-corrected chi connectivity index (χ4v) is 5.60. The molecule has 1 aromatic carbocycles. The summed E-state index contributed by atoms with van der Waals surface area (Å²) in [6, 6.07) is 4.41. The number of hydrogen-bond acceptors (Lipinski definition) is 5. The second-order valence-electron chi connectivity index (χ2n) is 7.41. The molecule has 152 valence electrons. The number of hydrogen-bond donors (Lipinski definition) is 1. The molecule has 0 spiro atoms. The number of halogens is 3. The van der Waals surface area contributed by atoms with Gasteiger partial charge in [-0.2, -0.15) is 0 Å². The van der Waals surface area contributed by atoms with Crippen LogP contribution < -0.4 is 15.2 Å². The number of aromatic nitrogens is 2. The minimum Gasteiger partial charge on any atom is -0.406 e. The maximum atomic E-state index is 12.7. The van der Waals surface area contributed by atoms with Crippen molar-refractivity contribution in [1.82, 2.24) is 9.97 Å². The molecule has 29 heavy (non-hydrogen) atoms. The predicted octanol–water partition coefficient (Wildman–Crippen LogP) is 4.32. The second-order valence-corrected chi connectivity index (χ2v) is 8.50. The molecule has 3 heterocycles. The van der Waals surface area contributed by atoms with E-state index in [4.69, 9.17) is 0 Å². The molecule has 0 atom stereocenters. The number of thiophene rings is 1. The van der Waals surface area contributed by atoms with E-state index in [0.29, 0.717) is 18.8 Å². The standard InChI is InChI=1S/C20H18F3N3O2S/c21-20(22,23)28-12-6-7-14-11(9-12)3-2-8-26(14)10-16-24-18(27)17-13-4-1-5-15(13)29-19(17)25-16/h6-7,9H,1-5,8,10H2,(H,24,25,27). The van der Waals surface area contributed by atoms with Crippen LogP contribution in [0, 0.1) is 0 Å². The zero-order chi connectivity index (χ0) is 20.2. The SMILES string of the molecule is O=c1[nH]c(CN2CCCc3cc(OC(F)(F)F)ccc32)nc2sc3c(c12)CCC3. The smallest absolute Gasteiger partial charge is 0.406 e. The summed E-state index contributed by atoms with van der Waals surface area (Å²) in [6.45, 7) is 1.15. The van der Waals surface area contributed by atoms with E-state index in [1.807, 2.05) is 4.90 Å². The van der Waals surface area contributed by atoms with Crippen LogP contribution in [-0.4, -0.2) is 22.9 Å². The molecule has 5 nitrogen and oxygen atoms in total. The summed E-state index contributed by atoms with van der Waals surface area (Å²) >= 11 is 1.60. The number of rotatable bonds is 3. The molecule has 3 aromatic rings. The average molecular weight is 421 g/mol. The van der Waals surface area contributed by atoms with Crippen LogP contribution in [0.1, 0.15) is 34.7 Å². The molecule has 1 aliphatic carbocycles. The zero-order valence-corrected chi connectivity index (χ0v) is 16.3. The van der Waals surface area contributed by atoms with E-state index in [9.17, 15) is 18.0 Å². The van der Waals surface area contributed by atoms with Crippen molar-refractivity contribution in [2.75, 3.05) is 11.4 Å². The maximum Gasteiger partial charge on any atom is 0.573 e. The second kappa shape index (κ2) is 6.76. The average Bonchev–Trinajstić information content (AvgIpc) is 3.21. The van der Waals surface area contributed by atoms with Gasteiger partial charge in [0.15, 0.2) is 0 Å². The van der Waals surface area contributed by atoms with E-state index in [1.165, 1.54) is 17.0 Å². The third kappa shape index (κ3) is 3.48. The topological polar surface area (TPSA) is 58.2 Å². The van der Waals surface area contributed by atoms with E-state index >= 15 is 0 Å². The van der Waals surface area contributed by atoms with Gasteiger partial charge in [-0.3, -0.25) is 4.79 Å². The lowest BCUT2D eigenvalue weighted by molar-refractivity contribution is -0.274. The first-order chi connectivity index (χ1) is 13.9. The van der Waals surface area contributed by atoms with Crippen molar-refractivity contribution in [2.24, 2.45) is 0 Å². The van der Waals surface area contributed by atoms with E-state index < -0.39 is 6.36 Å². The summed E-state index contributed by atoms with van der Waals surface area (Å²) in [5, 5.41) is 0.722. The van der Waals surface area contributed by atoms with Gasteiger partial charge >= 0.3 is 6.36 Å². The molecule has 0 amide bonds. The van der Waals surface area contributed by atoms with E-state index in [-0.39, 0.29) is 11.3 Å². The minimum atomic E-state index is -4.71. The number of anilines is 1. The van der Waals surface area contributed by atoms with Crippen molar-refractivity contribution in [3.05, 3.63) is 50.4 Å². The quantitative estimate of drug-likeness (QED) is 0.684. The van der Waals surface area contributed by atoms with Crippen LogP contribution in [0.2, 0.25) is 0 Å². The van der Waals surface area contributed by atoms with Gasteiger partial charge in [0.05, 0.1) is 11.9 Å². The van der Waals surface area contributed by atoms with Crippen LogP contribution in [0.4, 0.5) is 18.9 Å². The maximum absolute atomic E-state index is 12.7. The number of alkyl halides is 3. The van der Waals surface area contributed by atoms with Crippen LogP contribution in [0.3, 0.4) is 0 Å². The molecule has 1 N–H and O–H groups in total. The molecule has 1 aliphatic heterocycles. The molecular weight excluding hydrogens is 403 g/mol. The summed E-state index contributed by atoms with van der Waals surface area (Å²) in [7, 11) is 0. The van der Waals surface area contributed by atoms with E-state index in [2.05, 4.69) is 14.7 Å². The minimum absolute atomic E-state index is 0.101. The third-order valence-electron chi connectivity index (χ3n) is 5.46. The van der Waals surface area contributed by atoms with Gasteiger partial charge in [-0.1, -0.05) is 0 Å². The first-order valence-electron chi connectivity index (χ1n) is 9.54. The van der Waals surface area contributed by atoms with Gasteiger partial charge in [0.2, 0.25) is 0 Å². The highest BCUT2D eigenvalue weighted by atomic mass is 32.1. The van der Waals surface area contributed by atoms with Crippen LogP contribution in [-0.2, 0) is 25.8 Å². The van der Waals surface area contributed by atoms with Crippen molar-refractivity contribution in [3.63, 3.8) is 0 Å². The number of nitrogens with one attached hydrogen (secondary N) is 1. The van der Waals surface area contributed by atoms with Gasteiger partial charge in [0.25, 0.3) is 5.56 Å². The Morgan fingerprint density at radius 3 is 2.90 bits per heavy atom. The highest BCUT2D eigenvalue weighted by Gasteiger charge is 2.31. The first kappa shape index (κ1) is 18.5. The van der Waals surface area contributed by atoms with Gasteiger partial charge in [-0.25, -0.2) is 4.98 Å². The van der Waals surface area contributed by atoms with Gasteiger partial charge < -0.3 is 14.6 Å². The van der Waals surface area contributed by atoms with Crippen LogP contribution >= 0.6 is 11.3 Å². The highest BCUT2D eigenvalue weighted by Crippen LogP contribution is 2.36. The number of aryl methyl sites for hydroxylation is 3. The summed E-state index contributed by atoms with van der Waals surface area (Å²) in [5.41, 5.74) is 2.69. The molecule has 0 fully saturated rings. The molecule has 0 saturated heterocycles. The van der Waals surface area contributed by atoms with Gasteiger partial charge in [0, 0.05) is 17.1 Å². The fraction of sp³-hybridized carbons (Fsp3) is 0.400. The number of benzene rings is 1. The number of aromatic amines is 1. The van der Waals surface area contributed by atoms with Crippen LogP contribution in [0.5, 0.6) is 5.75 Å². The molecule has 0 unspecified atom stereocenters. The number of fused-ring (bicyclic) bond motifs is 4. The summed E-state index contributed by atoms with van der Waals surface area (Å²) < 4.78 is 41.5. The Morgan fingerprint density at radius 1 is 1.21 bits per heavy atom. The summed E-state index contributed by atoms with van der Waals surface area (Å²) in [6.07, 6.45) is -0.191. The largest absolute Gasteiger partial charge is 0.573 e. The Kier molecular flexibility index (Phi) is 4.31. The monoisotopic (exact) mass is 421 g/mol. The van der Waals surface area contributed by atoms with Crippen LogP contribution in [0.25, 0.3) is 10.2 Å². The van der Waals surface area contributed by atoms with Crippen LogP contribution in [0.15, 0.2) is 23.0 Å². The molecule has 2 aromatic heterocycles. The van der Waals surface area contributed by atoms with E-state index in [1.54, 1.807) is 17.4 Å². The molecular formula is C20H18F3N3O2S. The molecule has 0 bridgehead atoms. The van der Waals surface area contributed by atoms with Gasteiger partial charge in [-0.05, 0) is 61.4 Å². The predicted molar refractivity (Wildman–Crippen MR) is 105 cm³/mol. The van der Waals surface area contributed by atoms with Crippen molar-refractivity contribution in [2.45, 2.75) is 45.0 Å². The lowest BCUT2D eigenvalue weighted by Crippen LogP contribution is -2.30. The molecule has 9 heteroatoms. The van der Waals surface area contributed by atoms with Crippen molar-refractivity contribution in [3.8, 4) is 5.75 Å². The molecule has 2 aliphatic rings. The Balaban J connectivity index is 1.44. The highest BCUT2D eigenvalue weighted by molar-refractivity contribution is 7.18. The normalized spacial score (nSPS) is 16.2. The van der Waals surface area contributed by atoms with Crippen molar-refractivity contribution >= 4 is 27.2 Å². The summed E-state index contributed by atoms with van der Waals surface area (Å²) in [4.78, 5) is 24.3. The van der Waals surface area contributed by atoms with Crippen molar-refractivity contribution < 1.29 is 17.9 Å². The Morgan fingerprint density at radius 2 is 2.07 bits per heavy atom. The Hall–Kier alpha value is -2.55. The first-order valence-corrected chi connectivity index (χ1v) is 10.4. The van der Waals surface area contributed by atoms with Gasteiger partial charge in [-0.15, -0.1) is 24.5 Å². The summed E-state index contributed by atoms with van der Waals surface area (Å²) in [5.74, 6) is 0.366. The number of H-pyrrole nitrogens is 1. The molecule has 0 saturated carbocycles. The molecule has 5 rings (SSSR count).